The smallest absolute Gasteiger partial charge is 0.337 e. The molecule has 3 rings (SSSR count). The van der Waals surface area contributed by atoms with E-state index < -0.39 is 27.8 Å². The summed E-state index contributed by atoms with van der Waals surface area (Å²) < 4.78 is 27.9. The van der Waals surface area contributed by atoms with E-state index in [-0.39, 0.29) is 42.5 Å². The van der Waals surface area contributed by atoms with Crippen molar-refractivity contribution in [1.82, 2.24) is 10.3 Å². The van der Waals surface area contributed by atoms with Crippen LogP contribution in [0.4, 0.5) is 0 Å². The number of hydrogen-bond donors (Lipinski definition) is 1. The third-order valence-electron chi connectivity index (χ3n) is 4.70. The van der Waals surface area contributed by atoms with Crippen molar-refractivity contribution in [3.8, 4) is 0 Å². The van der Waals surface area contributed by atoms with Crippen LogP contribution in [-0.2, 0) is 30.7 Å². The first-order valence-corrected chi connectivity index (χ1v) is 10.7. The maximum absolute atomic E-state index is 12.4. The van der Waals surface area contributed by atoms with Crippen molar-refractivity contribution in [2.24, 2.45) is 5.10 Å². The Morgan fingerprint density at radius 1 is 1.25 bits per heavy atom. The molecule has 2 aliphatic heterocycles. The van der Waals surface area contributed by atoms with Gasteiger partial charge in [0.1, 0.15) is 5.71 Å². The van der Waals surface area contributed by atoms with Crippen LogP contribution < -0.4 is 5.32 Å². The van der Waals surface area contributed by atoms with Crippen LogP contribution in [0.2, 0.25) is 0 Å². The molecule has 0 spiro atoms. The number of hydrogen-bond acceptors (Lipinski definition) is 7. The number of nitrogens with zero attached hydrogens (tertiary/aromatic N) is 2. The lowest BCUT2D eigenvalue weighted by Gasteiger charge is -2.27. The van der Waals surface area contributed by atoms with E-state index in [9.17, 15) is 22.8 Å². The molecule has 0 radical (unpaired) electrons. The number of hydrazone groups is 1. The molecule has 1 N–H and O–H groups in total. The lowest BCUT2D eigenvalue weighted by molar-refractivity contribution is -0.133. The summed E-state index contributed by atoms with van der Waals surface area (Å²) in [5.41, 5.74) is 1.40. The second kappa shape index (κ2) is 8.09. The first kappa shape index (κ1) is 20.0. The highest BCUT2D eigenvalue weighted by Gasteiger charge is 2.37. The maximum Gasteiger partial charge on any atom is 0.337 e. The van der Waals surface area contributed by atoms with Crippen molar-refractivity contribution in [3.63, 3.8) is 0 Å². The van der Waals surface area contributed by atoms with E-state index in [1.807, 2.05) is 0 Å². The fraction of sp³-hybridized carbons (Fsp3) is 0.444. The van der Waals surface area contributed by atoms with Gasteiger partial charge in [0.15, 0.2) is 9.84 Å². The quantitative estimate of drug-likeness (QED) is 0.699. The van der Waals surface area contributed by atoms with E-state index in [1.54, 1.807) is 24.3 Å². The SMILES string of the molecule is COC(=O)c1ccc(CNC(=O)C2=NN([C@H]3CCS(=O)(=O)C3)C(=O)CC2)cc1. The van der Waals surface area contributed by atoms with Crippen LogP contribution in [-0.4, -0.2) is 61.6 Å². The minimum Gasteiger partial charge on any atom is -0.465 e. The number of carbonyl (C=O) groups is 3. The molecule has 0 unspecified atom stereocenters. The van der Waals surface area contributed by atoms with Gasteiger partial charge >= 0.3 is 5.97 Å². The molecule has 1 aromatic rings. The van der Waals surface area contributed by atoms with Gasteiger partial charge in [-0.2, -0.15) is 5.10 Å². The summed E-state index contributed by atoms with van der Waals surface area (Å²) in [4.78, 5) is 35.9. The number of amides is 2. The second-order valence-corrected chi connectivity index (χ2v) is 8.94. The van der Waals surface area contributed by atoms with Crippen molar-refractivity contribution in [2.45, 2.75) is 31.8 Å². The molecule has 0 aromatic heterocycles. The Morgan fingerprint density at radius 3 is 2.57 bits per heavy atom. The van der Waals surface area contributed by atoms with Gasteiger partial charge in [0, 0.05) is 19.4 Å². The van der Waals surface area contributed by atoms with Gasteiger partial charge in [-0.05, 0) is 24.1 Å². The summed E-state index contributed by atoms with van der Waals surface area (Å²) in [5, 5.41) is 8.03. The van der Waals surface area contributed by atoms with E-state index in [0.29, 0.717) is 12.0 Å². The zero-order chi connectivity index (χ0) is 20.3. The number of methoxy groups -OCH3 is 1. The molecule has 0 saturated carbocycles. The average molecular weight is 407 g/mol. The molecular formula is C18H21N3O6S. The molecule has 2 aliphatic rings. The summed E-state index contributed by atoms with van der Waals surface area (Å²) in [6.07, 6.45) is 0.664. The van der Waals surface area contributed by atoms with E-state index in [4.69, 9.17) is 0 Å². The highest BCUT2D eigenvalue weighted by atomic mass is 32.2. The van der Waals surface area contributed by atoms with Gasteiger partial charge in [-0.25, -0.2) is 18.2 Å². The fourth-order valence-corrected chi connectivity index (χ4v) is 4.84. The monoisotopic (exact) mass is 407 g/mol. The number of rotatable bonds is 5. The zero-order valence-corrected chi connectivity index (χ0v) is 16.2. The topological polar surface area (TPSA) is 122 Å². The summed E-state index contributed by atoms with van der Waals surface area (Å²) in [5.74, 6) is -1.21. The molecule has 28 heavy (non-hydrogen) atoms. The standard InChI is InChI=1S/C18H21N3O6S/c1-27-18(24)13-4-2-12(3-5-13)10-19-17(23)15-6-7-16(22)21(20-15)14-8-9-28(25,26)11-14/h2-5,14H,6-11H2,1H3,(H,19,23)/t14-/m0/s1. The van der Waals surface area contributed by atoms with E-state index in [1.165, 1.54) is 7.11 Å². The van der Waals surface area contributed by atoms with Crippen molar-refractivity contribution in [3.05, 3.63) is 35.4 Å². The van der Waals surface area contributed by atoms with E-state index in [2.05, 4.69) is 15.2 Å². The summed E-state index contributed by atoms with van der Waals surface area (Å²) in [6, 6.07) is 6.10. The van der Waals surface area contributed by atoms with Crippen LogP contribution in [0.15, 0.2) is 29.4 Å². The molecule has 10 heteroatoms. The third-order valence-corrected chi connectivity index (χ3v) is 6.45. The van der Waals surface area contributed by atoms with E-state index >= 15 is 0 Å². The Kier molecular flexibility index (Phi) is 5.78. The van der Waals surface area contributed by atoms with Gasteiger partial charge < -0.3 is 10.1 Å². The van der Waals surface area contributed by atoms with Crippen LogP contribution in [0.3, 0.4) is 0 Å². The predicted molar refractivity (Wildman–Crippen MR) is 100 cm³/mol. The van der Waals surface area contributed by atoms with E-state index in [0.717, 1.165) is 10.6 Å². The molecule has 1 saturated heterocycles. The van der Waals surface area contributed by atoms with Gasteiger partial charge in [-0.15, -0.1) is 0 Å². The first-order valence-electron chi connectivity index (χ1n) is 8.84. The molecule has 2 amide bonds. The average Bonchev–Trinajstić information content (AvgIpc) is 3.05. The van der Waals surface area contributed by atoms with Crippen LogP contribution >= 0.6 is 0 Å². The Labute approximate surface area is 162 Å². The number of benzene rings is 1. The van der Waals surface area contributed by atoms with Gasteiger partial charge in [-0.3, -0.25) is 9.59 Å². The lowest BCUT2D eigenvalue weighted by Crippen LogP contribution is -2.43. The second-order valence-electron chi connectivity index (χ2n) is 6.71. The normalized spacial score (nSPS) is 21.2. The Hall–Kier alpha value is -2.75. The molecule has 0 aliphatic carbocycles. The molecular weight excluding hydrogens is 386 g/mol. The Morgan fingerprint density at radius 2 is 1.96 bits per heavy atom. The van der Waals surface area contributed by atoms with Crippen LogP contribution in [0.5, 0.6) is 0 Å². The van der Waals surface area contributed by atoms with Gasteiger partial charge in [0.25, 0.3) is 5.91 Å². The molecule has 150 valence electrons. The fourth-order valence-electron chi connectivity index (χ4n) is 3.15. The van der Waals surface area contributed by atoms with Gasteiger partial charge in [0.2, 0.25) is 5.91 Å². The number of carbonyl (C=O) groups excluding carboxylic acids is 3. The highest BCUT2D eigenvalue weighted by Crippen LogP contribution is 2.22. The Bertz CT molecular complexity index is 923. The van der Waals surface area contributed by atoms with Crippen LogP contribution in [0.25, 0.3) is 0 Å². The highest BCUT2D eigenvalue weighted by molar-refractivity contribution is 7.91. The van der Waals surface area contributed by atoms with Crippen LogP contribution in [0.1, 0.15) is 35.2 Å². The third kappa shape index (κ3) is 4.56. The maximum atomic E-state index is 12.4. The molecule has 1 atom stereocenters. The largest absolute Gasteiger partial charge is 0.465 e. The predicted octanol–water partition coefficient (Wildman–Crippen LogP) is 0.255. The molecule has 9 nitrogen and oxygen atoms in total. The first-order chi connectivity index (χ1) is 13.3. The zero-order valence-electron chi connectivity index (χ0n) is 15.4. The molecule has 0 bridgehead atoms. The van der Waals surface area contributed by atoms with Gasteiger partial charge in [-0.1, -0.05) is 12.1 Å². The van der Waals surface area contributed by atoms with Crippen molar-refractivity contribution in [2.75, 3.05) is 18.6 Å². The van der Waals surface area contributed by atoms with Crippen molar-refractivity contribution < 1.29 is 27.5 Å². The van der Waals surface area contributed by atoms with Crippen molar-refractivity contribution >= 4 is 33.3 Å². The molecule has 1 fully saturated rings. The number of ether oxygens (including phenoxy) is 1. The minimum atomic E-state index is -3.16. The number of esters is 1. The lowest BCUT2D eigenvalue weighted by atomic mass is 10.1. The molecule has 1 aromatic carbocycles. The Balaban J connectivity index is 1.62. The summed E-state index contributed by atoms with van der Waals surface area (Å²) in [6.45, 7) is 0.227. The van der Waals surface area contributed by atoms with Crippen molar-refractivity contribution in [1.29, 1.82) is 0 Å². The number of sulfone groups is 1. The minimum absolute atomic E-state index is 0.0278. The summed E-state index contributed by atoms with van der Waals surface area (Å²) in [7, 11) is -1.86. The summed E-state index contributed by atoms with van der Waals surface area (Å²) >= 11 is 0. The number of nitrogens with one attached hydrogen (secondary N) is 1. The van der Waals surface area contributed by atoms with Crippen LogP contribution in [0, 0.1) is 0 Å². The van der Waals surface area contributed by atoms with Gasteiger partial charge in [0.05, 0.1) is 30.2 Å². The molecule has 2 heterocycles.